The number of H-pyrrole nitrogens is 1. The van der Waals surface area contributed by atoms with E-state index in [1.165, 1.54) is 4.68 Å². The summed E-state index contributed by atoms with van der Waals surface area (Å²) < 4.78 is 5.28. The molecule has 5 aromatic rings. The van der Waals surface area contributed by atoms with E-state index in [9.17, 15) is 4.79 Å². The van der Waals surface area contributed by atoms with E-state index in [-0.39, 0.29) is 5.56 Å². The topological polar surface area (TPSA) is 125 Å². The van der Waals surface area contributed by atoms with Crippen molar-refractivity contribution in [1.82, 2.24) is 39.1 Å². The Morgan fingerprint density at radius 2 is 2.00 bits per heavy atom. The molecule has 5 rings (SSSR count). The number of nitrogens with one attached hydrogen (secondary N) is 1. The van der Waals surface area contributed by atoms with Crippen LogP contribution in [-0.2, 0) is 27.1 Å². The Bertz CT molecular complexity index is 1410. The quantitative estimate of drug-likeness (QED) is 0.472. The summed E-state index contributed by atoms with van der Waals surface area (Å²) in [6.45, 7) is 0.329. The Morgan fingerprint density at radius 1 is 1.14 bits per heavy atom. The summed E-state index contributed by atoms with van der Waals surface area (Å²) in [6.07, 6.45) is 3.89. The van der Waals surface area contributed by atoms with Crippen molar-refractivity contribution in [2.24, 2.45) is 14.1 Å². The average Bonchev–Trinajstić information content (AvgIpc) is 3.37. The zero-order chi connectivity index (χ0) is 20.1. The number of fused-ring (bicyclic) bond motifs is 3. The number of hydrogen-bond acceptors (Lipinski definition) is 6. The van der Waals surface area contributed by atoms with Crippen LogP contribution < -0.4 is 11.3 Å². The number of nitrogens with zero attached hydrogens (tertiary/aromatic N) is 7. The molecule has 0 amide bonds. The number of anilines is 1. The largest absolute Gasteiger partial charge is 0.384 e. The van der Waals surface area contributed by atoms with E-state index in [0.29, 0.717) is 24.3 Å². The fraction of sp³-hybridized carbons (Fsp3) is 0.211. The molecule has 146 valence electrons. The number of pyridine rings is 1. The summed E-state index contributed by atoms with van der Waals surface area (Å²) >= 11 is 0. The molecule has 0 aliphatic carbocycles. The van der Waals surface area contributed by atoms with Gasteiger partial charge in [0, 0.05) is 26.7 Å². The maximum Gasteiger partial charge on any atom is 0.291 e. The molecule has 0 aliphatic heterocycles. The summed E-state index contributed by atoms with van der Waals surface area (Å²) in [6, 6.07) is 7.37. The second-order valence-electron chi connectivity index (χ2n) is 7.00. The first-order valence-corrected chi connectivity index (χ1v) is 9.12. The summed E-state index contributed by atoms with van der Waals surface area (Å²) in [5.74, 6) is 1.32. The third-order valence-corrected chi connectivity index (χ3v) is 5.13. The number of rotatable bonds is 4. The molecule has 0 saturated heterocycles. The number of nitrogen functional groups attached to an aromatic ring is 1. The standard InChI is InChI=1S/C19H19N9O/c1-26-15(8-11-4-3-5-14(20)23-11)24-16-13-9-22-28(10-12-6-7-21-25-12)19(29)17(13)27(2)18(16)26/h3-7,9H,8,10H2,1-2H3,(H2,20,23)(H,21,25). The van der Waals surface area contributed by atoms with Crippen LogP contribution >= 0.6 is 0 Å². The average molecular weight is 389 g/mol. The van der Waals surface area contributed by atoms with E-state index >= 15 is 0 Å². The van der Waals surface area contributed by atoms with Crippen LogP contribution in [0.4, 0.5) is 5.82 Å². The van der Waals surface area contributed by atoms with Crippen molar-refractivity contribution in [3.63, 3.8) is 0 Å². The molecule has 0 fully saturated rings. The molecule has 10 nitrogen and oxygen atoms in total. The monoisotopic (exact) mass is 389 g/mol. The van der Waals surface area contributed by atoms with Gasteiger partial charge in [0.25, 0.3) is 5.56 Å². The highest BCUT2D eigenvalue weighted by Gasteiger charge is 2.20. The Kier molecular flexibility index (Phi) is 3.73. The lowest BCUT2D eigenvalue weighted by molar-refractivity contribution is 0.631. The molecule has 0 spiro atoms. The van der Waals surface area contributed by atoms with Crippen molar-refractivity contribution in [2.75, 3.05) is 5.73 Å². The van der Waals surface area contributed by atoms with Crippen LogP contribution in [0.15, 0.2) is 41.5 Å². The number of aromatic amines is 1. The van der Waals surface area contributed by atoms with E-state index in [1.807, 2.05) is 41.4 Å². The minimum absolute atomic E-state index is 0.170. The minimum Gasteiger partial charge on any atom is -0.384 e. The second kappa shape index (κ2) is 6.30. The molecular formula is C19H19N9O. The molecule has 0 aromatic carbocycles. The lowest BCUT2D eigenvalue weighted by Crippen LogP contribution is -2.24. The first-order valence-electron chi connectivity index (χ1n) is 9.12. The van der Waals surface area contributed by atoms with Gasteiger partial charge in [-0.3, -0.25) is 9.89 Å². The van der Waals surface area contributed by atoms with E-state index in [1.54, 1.807) is 18.5 Å². The van der Waals surface area contributed by atoms with E-state index in [4.69, 9.17) is 10.7 Å². The van der Waals surface area contributed by atoms with Gasteiger partial charge in [-0.1, -0.05) is 6.07 Å². The van der Waals surface area contributed by atoms with Crippen LogP contribution in [0.25, 0.3) is 22.1 Å². The van der Waals surface area contributed by atoms with Crippen molar-refractivity contribution in [1.29, 1.82) is 0 Å². The summed E-state index contributed by atoms with van der Waals surface area (Å²) in [7, 11) is 3.81. The molecule has 0 atom stereocenters. The SMILES string of the molecule is Cn1c(Cc2cccc(N)n2)nc2c3cnn(Cc4ccn[nH]4)c(=O)c3n(C)c21. The second-order valence-corrected chi connectivity index (χ2v) is 7.00. The predicted molar refractivity (Wildman–Crippen MR) is 108 cm³/mol. The summed E-state index contributed by atoms with van der Waals surface area (Å²) in [4.78, 5) is 22.2. The number of aryl methyl sites for hydroxylation is 2. The van der Waals surface area contributed by atoms with Gasteiger partial charge in [0.1, 0.15) is 28.3 Å². The van der Waals surface area contributed by atoms with E-state index in [0.717, 1.165) is 33.8 Å². The molecule has 0 bridgehead atoms. The molecule has 0 aliphatic rings. The van der Waals surface area contributed by atoms with Gasteiger partial charge in [0.2, 0.25) is 0 Å². The Hall–Kier alpha value is -3.95. The first kappa shape index (κ1) is 17.2. The lowest BCUT2D eigenvalue weighted by atomic mass is 10.2. The Morgan fingerprint density at radius 3 is 2.76 bits per heavy atom. The summed E-state index contributed by atoms with van der Waals surface area (Å²) in [5, 5.41) is 11.8. The van der Waals surface area contributed by atoms with Crippen LogP contribution in [0, 0.1) is 0 Å². The van der Waals surface area contributed by atoms with Crippen molar-refractivity contribution in [3.05, 3.63) is 64.2 Å². The maximum absolute atomic E-state index is 13.1. The molecule has 0 saturated carbocycles. The molecular weight excluding hydrogens is 370 g/mol. The molecule has 29 heavy (non-hydrogen) atoms. The van der Waals surface area contributed by atoms with Gasteiger partial charge in [0.05, 0.1) is 29.5 Å². The van der Waals surface area contributed by atoms with E-state index in [2.05, 4.69) is 20.3 Å². The smallest absolute Gasteiger partial charge is 0.291 e. The fourth-order valence-corrected chi connectivity index (χ4v) is 3.74. The van der Waals surface area contributed by atoms with E-state index < -0.39 is 0 Å². The third-order valence-electron chi connectivity index (χ3n) is 5.13. The minimum atomic E-state index is -0.170. The van der Waals surface area contributed by atoms with Crippen LogP contribution in [0.5, 0.6) is 0 Å². The van der Waals surface area contributed by atoms with Crippen molar-refractivity contribution < 1.29 is 0 Å². The molecule has 10 heteroatoms. The molecule has 5 aromatic heterocycles. The molecule has 3 N–H and O–H groups in total. The fourth-order valence-electron chi connectivity index (χ4n) is 3.74. The van der Waals surface area contributed by atoms with Crippen LogP contribution in [0.1, 0.15) is 17.2 Å². The normalized spacial score (nSPS) is 11.7. The van der Waals surface area contributed by atoms with Gasteiger partial charge >= 0.3 is 0 Å². The van der Waals surface area contributed by atoms with Gasteiger partial charge in [-0.05, 0) is 18.2 Å². The molecule has 0 radical (unpaired) electrons. The highest BCUT2D eigenvalue weighted by Crippen LogP contribution is 2.26. The van der Waals surface area contributed by atoms with Crippen LogP contribution in [0.3, 0.4) is 0 Å². The van der Waals surface area contributed by atoms with Crippen LogP contribution in [-0.4, -0.2) is 39.1 Å². The highest BCUT2D eigenvalue weighted by molar-refractivity contribution is 6.04. The van der Waals surface area contributed by atoms with Gasteiger partial charge in [-0.2, -0.15) is 10.2 Å². The molecule has 5 heterocycles. The third kappa shape index (κ3) is 2.68. The zero-order valence-corrected chi connectivity index (χ0v) is 16.0. The van der Waals surface area contributed by atoms with Crippen LogP contribution in [0.2, 0.25) is 0 Å². The zero-order valence-electron chi connectivity index (χ0n) is 16.0. The predicted octanol–water partition coefficient (Wildman–Crippen LogP) is 0.961. The summed E-state index contributed by atoms with van der Waals surface area (Å²) in [5.41, 5.74) is 9.45. The van der Waals surface area contributed by atoms with Gasteiger partial charge in [-0.25, -0.2) is 14.6 Å². The van der Waals surface area contributed by atoms with Gasteiger partial charge < -0.3 is 14.9 Å². The lowest BCUT2D eigenvalue weighted by Gasteiger charge is -2.06. The number of aromatic nitrogens is 8. The van der Waals surface area contributed by atoms with Gasteiger partial charge in [-0.15, -0.1) is 0 Å². The molecule has 0 unspecified atom stereocenters. The maximum atomic E-state index is 13.1. The van der Waals surface area contributed by atoms with Crippen molar-refractivity contribution in [3.8, 4) is 0 Å². The van der Waals surface area contributed by atoms with Crippen molar-refractivity contribution >= 4 is 27.9 Å². The van der Waals surface area contributed by atoms with Crippen molar-refractivity contribution in [2.45, 2.75) is 13.0 Å². The Labute approximate surface area is 164 Å². The first-order chi connectivity index (χ1) is 14.0. The Balaban J connectivity index is 1.63. The highest BCUT2D eigenvalue weighted by atomic mass is 16.1. The van der Waals surface area contributed by atoms with Gasteiger partial charge in [0.15, 0.2) is 0 Å². The number of imidazole rings is 1. The number of nitrogens with two attached hydrogens (primary N) is 1. The number of hydrogen-bond donors (Lipinski definition) is 2.